The van der Waals surface area contributed by atoms with Crippen LogP contribution in [0, 0.1) is 11.6 Å². The Morgan fingerprint density at radius 1 is 1.12 bits per heavy atom. The number of halogens is 2. The number of anilines is 1. The third kappa shape index (κ3) is 6.11. The number of hydrogen-bond acceptors (Lipinski definition) is 7. The summed E-state index contributed by atoms with van der Waals surface area (Å²) in [6, 6.07) is 13.8. The van der Waals surface area contributed by atoms with Crippen molar-refractivity contribution in [3.8, 4) is 0 Å². The minimum Gasteiger partial charge on any atom is -0.314 e. The highest BCUT2D eigenvalue weighted by Crippen LogP contribution is 2.24. The third-order valence-electron chi connectivity index (χ3n) is 4.94. The van der Waals surface area contributed by atoms with Crippen LogP contribution in [0.5, 0.6) is 0 Å². The number of thiazole rings is 1. The molecule has 170 valence electrons. The van der Waals surface area contributed by atoms with E-state index in [0.717, 1.165) is 34.1 Å². The summed E-state index contributed by atoms with van der Waals surface area (Å²) in [7, 11) is 1.67. The number of fused-ring (bicyclic) bond motifs is 1. The molecule has 0 aliphatic heterocycles. The molecule has 2 aromatic carbocycles. The molecule has 1 unspecified atom stereocenters. The van der Waals surface area contributed by atoms with Crippen molar-refractivity contribution in [3.05, 3.63) is 89.2 Å². The normalized spacial score (nSPS) is 12.1. The highest BCUT2D eigenvalue weighted by Gasteiger charge is 2.24. The first-order valence-electron chi connectivity index (χ1n) is 10.1. The lowest BCUT2D eigenvalue weighted by atomic mass is 10.0. The van der Waals surface area contributed by atoms with Crippen LogP contribution < -0.4 is 14.3 Å². The second-order valence-electron chi connectivity index (χ2n) is 7.30. The quantitative estimate of drug-likeness (QED) is 0.269. The summed E-state index contributed by atoms with van der Waals surface area (Å²) in [5, 5.41) is 0. The zero-order chi connectivity index (χ0) is 23.2. The zero-order valence-corrected chi connectivity index (χ0v) is 19.3. The molecule has 4 aromatic rings. The number of nitrogens with one attached hydrogen (secondary N) is 2. The van der Waals surface area contributed by atoms with Crippen molar-refractivity contribution in [2.24, 2.45) is 0 Å². The fourth-order valence-corrected chi connectivity index (χ4v) is 4.57. The molecule has 0 bridgehead atoms. The molecule has 1 atom stereocenters. The molecular weight excluding hydrogens is 464 g/mol. The zero-order valence-electron chi connectivity index (χ0n) is 17.7. The molecule has 0 fully saturated rings. The Labute approximate surface area is 198 Å². The van der Waals surface area contributed by atoms with Crippen LogP contribution in [0.2, 0.25) is 0 Å². The molecule has 2 aromatic heterocycles. The molecule has 4 rings (SSSR count). The minimum absolute atomic E-state index is 0.106. The Morgan fingerprint density at radius 2 is 1.94 bits per heavy atom. The smallest absolute Gasteiger partial charge is 0.245 e. The first kappa shape index (κ1) is 23.2. The second-order valence-corrected chi connectivity index (χ2v) is 8.91. The summed E-state index contributed by atoms with van der Waals surface area (Å²) < 4.78 is 34.7. The summed E-state index contributed by atoms with van der Waals surface area (Å²) in [6.45, 7) is 0.477. The predicted octanol–water partition coefficient (Wildman–Crippen LogP) is 4.49. The van der Waals surface area contributed by atoms with Gasteiger partial charge in [0.05, 0.1) is 21.4 Å². The maximum absolute atomic E-state index is 13.7. The van der Waals surface area contributed by atoms with Crippen LogP contribution in [0.1, 0.15) is 11.3 Å². The van der Waals surface area contributed by atoms with Gasteiger partial charge in [0.1, 0.15) is 17.7 Å². The summed E-state index contributed by atoms with van der Waals surface area (Å²) in [5.74, 6) is -1.61. The van der Waals surface area contributed by atoms with E-state index in [-0.39, 0.29) is 12.3 Å². The molecule has 0 saturated heterocycles. The number of nitrogens with zero attached hydrogens (tertiary/aromatic N) is 3. The molecule has 0 aliphatic rings. The van der Waals surface area contributed by atoms with Crippen LogP contribution >= 0.6 is 23.5 Å². The Balaban J connectivity index is 1.48. The molecule has 6 nitrogen and oxygen atoms in total. The number of amides is 1. The molecule has 1 amide bonds. The van der Waals surface area contributed by atoms with Crippen molar-refractivity contribution in [2.45, 2.75) is 19.0 Å². The molecule has 2 heterocycles. The fourth-order valence-electron chi connectivity index (χ4n) is 3.29. The maximum atomic E-state index is 13.7. The number of likely N-dealkylation sites (N-methyl/N-ethyl adjacent to an activating group) is 1. The molecule has 0 aliphatic carbocycles. The van der Waals surface area contributed by atoms with Gasteiger partial charge in [-0.3, -0.25) is 9.78 Å². The summed E-state index contributed by atoms with van der Waals surface area (Å²) in [6.07, 6.45) is 1.81. The molecule has 10 heteroatoms. The van der Waals surface area contributed by atoms with Crippen LogP contribution in [0.4, 0.5) is 14.5 Å². The highest BCUT2D eigenvalue weighted by atomic mass is 32.2. The van der Waals surface area contributed by atoms with E-state index in [9.17, 15) is 13.6 Å². The summed E-state index contributed by atoms with van der Waals surface area (Å²) >= 11 is 2.67. The number of carbonyl (C=O) groups excluding carboxylic acids is 1. The van der Waals surface area contributed by atoms with Crippen molar-refractivity contribution in [1.82, 2.24) is 19.4 Å². The maximum Gasteiger partial charge on any atom is 0.245 e. The average molecular weight is 486 g/mol. The van der Waals surface area contributed by atoms with Crippen molar-refractivity contribution < 1.29 is 13.6 Å². The average Bonchev–Trinajstić information content (AvgIpc) is 3.28. The van der Waals surface area contributed by atoms with Gasteiger partial charge in [0.15, 0.2) is 0 Å². The van der Waals surface area contributed by atoms with Crippen LogP contribution in [0.3, 0.4) is 0 Å². The number of pyridine rings is 1. The lowest BCUT2D eigenvalue weighted by Gasteiger charge is -2.24. The van der Waals surface area contributed by atoms with Gasteiger partial charge in [-0.2, -0.15) is 0 Å². The van der Waals surface area contributed by atoms with Crippen molar-refractivity contribution in [2.75, 3.05) is 11.9 Å². The van der Waals surface area contributed by atoms with Gasteiger partial charge in [-0.15, -0.1) is 11.3 Å². The van der Waals surface area contributed by atoms with E-state index >= 15 is 0 Å². The third-order valence-corrected chi connectivity index (χ3v) is 6.45. The Morgan fingerprint density at radius 3 is 2.70 bits per heavy atom. The van der Waals surface area contributed by atoms with Gasteiger partial charge in [-0.05, 0) is 54.4 Å². The SMILES string of the molecule is CN(C(=O)C(Cc1cc(F)cc(F)c1)NSNCc1ccccn1)c1ccc2scnc2c1. The Bertz CT molecular complexity index is 1220. The summed E-state index contributed by atoms with van der Waals surface area (Å²) in [4.78, 5) is 23.4. The first-order valence-corrected chi connectivity index (χ1v) is 11.8. The lowest BCUT2D eigenvalue weighted by Crippen LogP contribution is -2.45. The predicted molar refractivity (Wildman–Crippen MR) is 129 cm³/mol. The summed E-state index contributed by atoms with van der Waals surface area (Å²) in [5.41, 5.74) is 4.47. The van der Waals surface area contributed by atoms with E-state index in [1.54, 1.807) is 18.8 Å². The van der Waals surface area contributed by atoms with E-state index in [4.69, 9.17) is 0 Å². The van der Waals surface area contributed by atoms with E-state index in [1.165, 1.54) is 28.4 Å². The monoisotopic (exact) mass is 485 g/mol. The van der Waals surface area contributed by atoms with Gasteiger partial charge < -0.3 is 4.90 Å². The van der Waals surface area contributed by atoms with E-state index in [2.05, 4.69) is 19.4 Å². The molecule has 0 radical (unpaired) electrons. The Kier molecular flexibility index (Phi) is 7.61. The van der Waals surface area contributed by atoms with Crippen LogP contribution in [0.25, 0.3) is 10.2 Å². The largest absolute Gasteiger partial charge is 0.314 e. The lowest BCUT2D eigenvalue weighted by molar-refractivity contribution is -0.119. The van der Waals surface area contributed by atoms with E-state index in [0.29, 0.717) is 17.8 Å². The van der Waals surface area contributed by atoms with Crippen LogP contribution in [-0.4, -0.2) is 29.0 Å². The van der Waals surface area contributed by atoms with Gasteiger partial charge in [-0.25, -0.2) is 23.2 Å². The van der Waals surface area contributed by atoms with E-state index in [1.807, 2.05) is 36.4 Å². The number of carbonyl (C=O) groups is 1. The van der Waals surface area contributed by atoms with Gasteiger partial charge in [0.25, 0.3) is 0 Å². The van der Waals surface area contributed by atoms with Crippen molar-refractivity contribution in [1.29, 1.82) is 0 Å². The molecular formula is C23H21F2N5OS2. The van der Waals surface area contributed by atoms with Crippen molar-refractivity contribution >= 4 is 45.3 Å². The standard InChI is InChI=1S/C23H21F2N5OS2/c1-30(19-5-6-22-20(12-19)27-14-32-22)23(31)21(10-15-8-16(24)11-17(25)9-15)29-33-28-13-18-4-2-3-7-26-18/h2-9,11-12,14,21,28-29H,10,13H2,1H3. The fraction of sp³-hybridized carbons (Fsp3) is 0.174. The van der Waals surface area contributed by atoms with E-state index < -0.39 is 17.7 Å². The molecule has 33 heavy (non-hydrogen) atoms. The van der Waals surface area contributed by atoms with Gasteiger partial charge in [-0.1, -0.05) is 6.07 Å². The minimum atomic E-state index is -0.747. The van der Waals surface area contributed by atoms with Gasteiger partial charge in [0, 0.05) is 43.7 Å². The topological polar surface area (TPSA) is 70.2 Å². The number of rotatable bonds is 9. The number of aromatic nitrogens is 2. The second kappa shape index (κ2) is 10.8. The first-order chi connectivity index (χ1) is 16.0. The highest BCUT2D eigenvalue weighted by molar-refractivity contribution is 7.95. The molecule has 0 saturated carbocycles. The van der Waals surface area contributed by atoms with Crippen molar-refractivity contribution in [3.63, 3.8) is 0 Å². The van der Waals surface area contributed by atoms with Crippen LogP contribution in [0.15, 0.2) is 66.3 Å². The van der Waals surface area contributed by atoms with Gasteiger partial charge >= 0.3 is 0 Å². The van der Waals surface area contributed by atoms with Gasteiger partial charge in [0.2, 0.25) is 5.91 Å². The Hall–Kier alpha value is -2.92. The number of benzene rings is 2. The molecule has 0 spiro atoms. The van der Waals surface area contributed by atoms with Crippen LogP contribution in [-0.2, 0) is 17.8 Å². The molecule has 2 N–H and O–H groups in total. The number of hydrogen-bond donors (Lipinski definition) is 2.